The summed E-state index contributed by atoms with van der Waals surface area (Å²) < 4.78 is 1.12. The van der Waals surface area contributed by atoms with Gasteiger partial charge in [0.25, 0.3) is 0 Å². The van der Waals surface area contributed by atoms with E-state index in [4.69, 9.17) is 0 Å². The van der Waals surface area contributed by atoms with Crippen LogP contribution in [0.2, 0.25) is 0 Å². The zero-order chi connectivity index (χ0) is 16.5. The highest BCUT2D eigenvalue weighted by atomic mass is 35.5. The number of hydrogen-bond acceptors (Lipinski definition) is 1. The molecule has 0 saturated carbocycles. The highest BCUT2D eigenvalue weighted by Gasteiger charge is 2.04. The first kappa shape index (κ1) is 29.0. The number of quaternary nitrogens is 1. The summed E-state index contributed by atoms with van der Waals surface area (Å²) in [5, 5.41) is 0. The van der Waals surface area contributed by atoms with E-state index in [1.165, 1.54) is 109 Å². The van der Waals surface area contributed by atoms with Crippen molar-refractivity contribution in [3.63, 3.8) is 0 Å². The largest absolute Gasteiger partial charge is 0.344 e. The molecule has 0 aliphatic heterocycles. The molecule has 0 aromatic carbocycles. The number of hydrogen-bond donors (Lipinski definition) is 1. The minimum absolute atomic E-state index is 0. The van der Waals surface area contributed by atoms with Crippen molar-refractivity contribution in [2.75, 3.05) is 27.7 Å². The van der Waals surface area contributed by atoms with E-state index in [0.717, 1.165) is 4.48 Å². The number of rotatable bonds is 17. The second kappa shape index (κ2) is 21.3. The SMILES string of the molecule is CCCCCCCCCCCCCCCCCC[N+](C)(C)C.Cl.N. The van der Waals surface area contributed by atoms with Crippen LogP contribution in [0.25, 0.3) is 0 Å². The fourth-order valence-corrected chi connectivity index (χ4v) is 3.13. The molecular weight excluding hydrogens is 316 g/mol. The predicted molar refractivity (Wildman–Crippen MR) is 115 cm³/mol. The summed E-state index contributed by atoms with van der Waals surface area (Å²) in [5.74, 6) is 0. The molecule has 0 fully saturated rings. The maximum absolute atomic E-state index is 2.30. The molecule has 0 aromatic rings. The predicted octanol–water partition coefficient (Wildman–Crippen LogP) is 7.54. The van der Waals surface area contributed by atoms with Crippen molar-refractivity contribution in [3.05, 3.63) is 0 Å². The van der Waals surface area contributed by atoms with Crippen molar-refractivity contribution >= 4 is 12.4 Å². The van der Waals surface area contributed by atoms with Gasteiger partial charge in [-0.2, -0.15) is 0 Å². The van der Waals surface area contributed by atoms with Gasteiger partial charge in [-0.25, -0.2) is 0 Å². The van der Waals surface area contributed by atoms with Crippen LogP contribution in [0, 0.1) is 0 Å². The van der Waals surface area contributed by atoms with E-state index in [1.807, 2.05) is 0 Å². The average Bonchev–Trinajstić information content (AvgIpc) is 2.45. The highest BCUT2D eigenvalue weighted by molar-refractivity contribution is 5.85. The summed E-state index contributed by atoms with van der Waals surface area (Å²) in [6.45, 7) is 3.63. The molecule has 0 atom stereocenters. The smallest absolute Gasteiger partial charge is 0.0780 e. The van der Waals surface area contributed by atoms with Crippen LogP contribution in [0.5, 0.6) is 0 Å². The Hall–Kier alpha value is 0.210. The van der Waals surface area contributed by atoms with Gasteiger partial charge in [-0.3, -0.25) is 0 Å². The van der Waals surface area contributed by atoms with E-state index in [2.05, 4.69) is 28.1 Å². The lowest BCUT2D eigenvalue weighted by molar-refractivity contribution is -0.870. The summed E-state index contributed by atoms with van der Waals surface area (Å²) in [5.41, 5.74) is 0. The molecule has 24 heavy (non-hydrogen) atoms. The van der Waals surface area contributed by atoms with Gasteiger partial charge in [0.05, 0.1) is 27.7 Å². The van der Waals surface area contributed by atoms with Gasteiger partial charge in [0, 0.05) is 0 Å². The van der Waals surface area contributed by atoms with E-state index in [-0.39, 0.29) is 18.6 Å². The van der Waals surface area contributed by atoms with Crippen LogP contribution in [0.15, 0.2) is 0 Å². The molecule has 0 aromatic heterocycles. The van der Waals surface area contributed by atoms with Gasteiger partial charge in [-0.1, -0.05) is 96.8 Å². The second-order valence-corrected chi connectivity index (χ2v) is 8.32. The van der Waals surface area contributed by atoms with E-state index >= 15 is 0 Å². The lowest BCUT2D eigenvalue weighted by atomic mass is 10.0. The number of unbranched alkanes of at least 4 members (excludes halogenated alkanes) is 15. The lowest BCUT2D eigenvalue weighted by Crippen LogP contribution is -2.35. The highest BCUT2D eigenvalue weighted by Crippen LogP contribution is 2.13. The molecule has 0 radical (unpaired) electrons. The van der Waals surface area contributed by atoms with Crippen LogP contribution >= 0.6 is 12.4 Å². The molecular formula is C21H50ClN2+. The fourth-order valence-electron chi connectivity index (χ4n) is 3.13. The normalized spacial score (nSPS) is 11.0. The van der Waals surface area contributed by atoms with Crippen LogP contribution in [0.4, 0.5) is 0 Å². The lowest BCUT2D eigenvalue weighted by Gasteiger charge is -2.23. The van der Waals surface area contributed by atoms with E-state index in [0.29, 0.717) is 0 Å². The summed E-state index contributed by atoms with van der Waals surface area (Å²) >= 11 is 0. The van der Waals surface area contributed by atoms with E-state index in [9.17, 15) is 0 Å². The van der Waals surface area contributed by atoms with Gasteiger partial charge in [-0.05, 0) is 12.8 Å². The summed E-state index contributed by atoms with van der Waals surface area (Å²) in [6.07, 6.45) is 23.4. The van der Waals surface area contributed by atoms with Gasteiger partial charge in [0.15, 0.2) is 0 Å². The Labute approximate surface area is 160 Å². The van der Waals surface area contributed by atoms with Crippen LogP contribution < -0.4 is 6.15 Å². The van der Waals surface area contributed by atoms with Crippen molar-refractivity contribution in [2.45, 2.75) is 110 Å². The fraction of sp³-hybridized carbons (Fsp3) is 1.00. The molecule has 0 unspecified atom stereocenters. The quantitative estimate of drug-likeness (QED) is 0.209. The minimum Gasteiger partial charge on any atom is -0.344 e. The second-order valence-electron chi connectivity index (χ2n) is 8.32. The zero-order valence-corrected chi connectivity index (χ0v) is 18.4. The number of halogens is 1. The number of nitrogens with zero attached hydrogens (tertiary/aromatic N) is 1. The van der Waals surface area contributed by atoms with Crippen molar-refractivity contribution in [1.29, 1.82) is 0 Å². The Morgan fingerprint density at radius 3 is 0.958 bits per heavy atom. The summed E-state index contributed by atoms with van der Waals surface area (Å²) in [7, 11) is 6.89. The van der Waals surface area contributed by atoms with Gasteiger partial charge >= 0.3 is 0 Å². The van der Waals surface area contributed by atoms with Crippen molar-refractivity contribution in [3.8, 4) is 0 Å². The Kier molecular flexibility index (Phi) is 25.7. The third-order valence-corrected chi connectivity index (χ3v) is 4.68. The first-order chi connectivity index (χ1) is 10.6. The molecule has 2 nitrogen and oxygen atoms in total. The van der Waals surface area contributed by atoms with Crippen LogP contribution in [-0.2, 0) is 0 Å². The maximum atomic E-state index is 2.30. The Morgan fingerprint density at radius 2 is 0.708 bits per heavy atom. The van der Waals surface area contributed by atoms with Crippen molar-refractivity contribution in [1.82, 2.24) is 6.15 Å². The maximum Gasteiger partial charge on any atom is 0.0780 e. The molecule has 3 heteroatoms. The third kappa shape index (κ3) is 27.1. The molecule has 0 bridgehead atoms. The standard InChI is InChI=1S/C21H46N.ClH.H3N/c1-5-6-7-8-9-10-11-12-13-14-15-16-17-18-19-20-21-22(2,3)4;;/h5-21H2,1-4H3;1H;1H3/q+1;;. The van der Waals surface area contributed by atoms with Gasteiger partial charge in [0.1, 0.15) is 0 Å². The molecule has 0 spiro atoms. The first-order valence-electron chi connectivity index (χ1n) is 10.4. The van der Waals surface area contributed by atoms with Crippen LogP contribution in [-0.4, -0.2) is 32.2 Å². The van der Waals surface area contributed by atoms with Crippen LogP contribution in [0.3, 0.4) is 0 Å². The van der Waals surface area contributed by atoms with E-state index in [1.54, 1.807) is 0 Å². The monoisotopic (exact) mass is 365 g/mol. The third-order valence-electron chi connectivity index (χ3n) is 4.68. The average molecular weight is 366 g/mol. The van der Waals surface area contributed by atoms with Gasteiger partial charge in [-0.15, -0.1) is 12.4 Å². The first-order valence-corrected chi connectivity index (χ1v) is 10.4. The molecule has 0 heterocycles. The molecule has 0 aliphatic rings. The molecule has 0 rings (SSSR count). The van der Waals surface area contributed by atoms with Gasteiger partial charge < -0.3 is 10.6 Å². The van der Waals surface area contributed by atoms with Crippen molar-refractivity contribution in [2.24, 2.45) is 0 Å². The Balaban J connectivity index is -0.00000220. The molecule has 3 N–H and O–H groups in total. The van der Waals surface area contributed by atoms with Crippen molar-refractivity contribution < 1.29 is 4.48 Å². The zero-order valence-electron chi connectivity index (χ0n) is 17.6. The van der Waals surface area contributed by atoms with Crippen LogP contribution in [0.1, 0.15) is 110 Å². The molecule has 150 valence electrons. The summed E-state index contributed by atoms with van der Waals surface area (Å²) in [4.78, 5) is 0. The van der Waals surface area contributed by atoms with Gasteiger partial charge in [0.2, 0.25) is 0 Å². The summed E-state index contributed by atoms with van der Waals surface area (Å²) in [6, 6.07) is 0. The Morgan fingerprint density at radius 1 is 0.458 bits per heavy atom. The van der Waals surface area contributed by atoms with E-state index < -0.39 is 0 Å². The molecule has 0 saturated heterocycles. The molecule has 0 aliphatic carbocycles. The minimum atomic E-state index is 0. The topological polar surface area (TPSA) is 35.0 Å². The Bertz CT molecular complexity index is 214. The molecule has 0 amide bonds.